The number of benzene rings is 1. The monoisotopic (exact) mass is 572 g/mol. The van der Waals surface area contributed by atoms with Crippen molar-refractivity contribution >= 4 is 29.3 Å². The van der Waals surface area contributed by atoms with E-state index < -0.39 is 18.0 Å². The second-order valence-corrected chi connectivity index (χ2v) is 13.3. The molecule has 0 heterocycles. The Morgan fingerprint density at radius 3 is 2.07 bits per heavy atom. The van der Waals surface area contributed by atoms with E-state index in [2.05, 4.69) is 50.6 Å². The van der Waals surface area contributed by atoms with Gasteiger partial charge in [-0.2, -0.15) is 0 Å². The minimum absolute atomic E-state index is 0.00374. The quantitative estimate of drug-likeness (QED) is 0.143. The van der Waals surface area contributed by atoms with Crippen molar-refractivity contribution in [2.24, 2.45) is 28.9 Å². The van der Waals surface area contributed by atoms with Crippen molar-refractivity contribution < 1.29 is 19.2 Å². The zero-order valence-corrected chi connectivity index (χ0v) is 26.6. The summed E-state index contributed by atoms with van der Waals surface area (Å²) in [7, 11) is 0. The van der Waals surface area contributed by atoms with Crippen LogP contribution in [0.2, 0.25) is 0 Å². The molecule has 41 heavy (non-hydrogen) atoms. The van der Waals surface area contributed by atoms with E-state index in [0.717, 1.165) is 32.1 Å². The third kappa shape index (κ3) is 16.8. The summed E-state index contributed by atoms with van der Waals surface area (Å²) in [5.74, 6) is -0.707. The largest absolute Gasteiger partial charge is 0.352 e. The number of carbonyl (C=O) groups excluding carboxylic acids is 4. The summed E-state index contributed by atoms with van der Waals surface area (Å²) in [5.41, 5.74) is 7.36. The molecule has 1 aromatic carbocycles. The molecule has 1 rings (SSSR count). The van der Waals surface area contributed by atoms with Gasteiger partial charge in [0.15, 0.2) is 5.78 Å². The normalized spacial score (nSPS) is 13.1. The van der Waals surface area contributed by atoms with Crippen molar-refractivity contribution in [2.75, 3.05) is 11.9 Å². The SMILES string of the molecule is CC(C)Cc1ccc(NC(=O)[C@H](CCCNC(N)=O)CC(=O)[C@@H](NC(=O)CCCCCCC(C)(C)C)C(C)C)cc1. The Hall–Kier alpha value is -2.90. The number of unbranched alkanes of at least 4 members (excludes halogenated alkanes) is 3. The van der Waals surface area contributed by atoms with Gasteiger partial charge in [-0.1, -0.05) is 79.9 Å². The Morgan fingerprint density at radius 2 is 1.51 bits per heavy atom. The van der Waals surface area contributed by atoms with Crippen molar-refractivity contribution in [1.29, 1.82) is 0 Å². The number of primary amides is 1. The molecule has 0 aliphatic carbocycles. The van der Waals surface area contributed by atoms with Gasteiger partial charge >= 0.3 is 6.03 Å². The summed E-state index contributed by atoms with van der Waals surface area (Å²) in [6.07, 6.45) is 7.44. The Morgan fingerprint density at radius 1 is 0.878 bits per heavy atom. The molecule has 2 atom stereocenters. The average Bonchev–Trinajstić information content (AvgIpc) is 2.86. The number of amides is 4. The van der Waals surface area contributed by atoms with E-state index in [4.69, 9.17) is 5.73 Å². The van der Waals surface area contributed by atoms with Crippen LogP contribution < -0.4 is 21.7 Å². The number of ketones is 1. The lowest BCUT2D eigenvalue weighted by Gasteiger charge is -2.24. The third-order valence-corrected chi connectivity index (χ3v) is 7.12. The third-order valence-electron chi connectivity index (χ3n) is 7.12. The minimum Gasteiger partial charge on any atom is -0.352 e. The number of carbonyl (C=O) groups is 4. The lowest BCUT2D eigenvalue weighted by Crippen LogP contribution is -2.45. The predicted molar refractivity (Wildman–Crippen MR) is 167 cm³/mol. The van der Waals surface area contributed by atoms with Crippen LogP contribution in [0.4, 0.5) is 10.5 Å². The van der Waals surface area contributed by atoms with E-state index in [-0.39, 0.29) is 29.9 Å². The van der Waals surface area contributed by atoms with Gasteiger partial charge in [0, 0.05) is 31.0 Å². The fourth-order valence-electron chi connectivity index (χ4n) is 4.85. The van der Waals surface area contributed by atoms with Crippen LogP contribution in [0.25, 0.3) is 0 Å². The zero-order chi connectivity index (χ0) is 31.0. The molecule has 0 aromatic heterocycles. The van der Waals surface area contributed by atoms with Gasteiger partial charge in [-0.3, -0.25) is 14.4 Å². The van der Waals surface area contributed by atoms with Crippen LogP contribution >= 0.6 is 0 Å². The Kier molecular flexibility index (Phi) is 16.3. The van der Waals surface area contributed by atoms with Gasteiger partial charge in [0.05, 0.1) is 6.04 Å². The molecule has 5 N–H and O–H groups in total. The van der Waals surface area contributed by atoms with Gasteiger partial charge in [0.2, 0.25) is 11.8 Å². The Labute approximate surface area is 248 Å². The highest BCUT2D eigenvalue weighted by Crippen LogP contribution is 2.23. The highest BCUT2D eigenvalue weighted by molar-refractivity contribution is 5.97. The van der Waals surface area contributed by atoms with Crippen LogP contribution in [-0.4, -0.2) is 36.2 Å². The lowest BCUT2D eigenvalue weighted by atomic mass is 9.89. The first-order valence-corrected chi connectivity index (χ1v) is 15.4. The highest BCUT2D eigenvalue weighted by Gasteiger charge is 2.29. The number of Topliss-reactive ketones (excluding diaryl/α,β-unsaturated/α-hetero) is 1. The molecule has 0 aliphatic rings. The lowest BCUT2D eigenvalue weighted by molar-refractivity contribution is -0.131. The standard InChI is InChI=1S/C33H56N4O4/c1-23(2)21-25-15-17-27(18-16-25)36-31(40)26(13-12-20-35-32(34)41)22-28(38)30(24(3)4)37-29(39)14-10-8-9-11-19-33(5,6)7/h15-18,23-24,26,30H,8-14,19-22H2,1-7H3,(H,36,40)(H,37,39)(H3,34,35,41)/t26-,30+/m1/s1. The molecular weight excluding hydrogens is 516 g/mol. The Balaban J connectivity index is 2.77. The molecule has 0 saturated carbocycles. The second kappa shape index (κ2) is 18.5. The van der Waals surface area contributed by atoms with Crippen molar-refractivity contribution in [2.45, 2.75) is 119 Å². The first-order valence-electron chi connectivity index (χ1n) is 15.4. The first kappa shape index (κ1) is 36.1. The number of nitrogens with two attached hydrogens (primary N) is 1. The molecule has 232 valence electrons. The van der Waals surface area contributed by atoms with Crippen LogP contribution in [-0.2, 0) is 20.8 Å². The summed E-state index contributed by atoms with van der Waals surface area (Å²) in [4.78, 5) is 50.4. The summed E-state index contributed by atoms with van der Waals surface area (Å²) < 4.78 is 0. The molecule has 4 amide bonds. The van der Waals surface area contributed by atoms with Crippen LogP contribution in [0, 0.1) is 23.2 Å². The number of anilines is 1. The number of rotatable bonds is 19. The molecule has 0 aliphatic heterocycles. The number of hydrogen-bond acceptors (Lipinski definition) is 4. The maximum absolute atomic E-state index is 13.4. The van der Waals surface area contributed by atoms with Crippen LogP contribution in [0.1, 0.15) is 112 Å². The highest BCUT2D eigenvalue weighted by atomic mass is 16.2. The van der Waals surface area contributed by atoms with Gasteiger partial charge in [0.25, 0.3) is 0 Å². The van der Waals surface area contributed by atoms with Gasteiger partial charge in [-0.05, 0) is 67.1 Å². The van der Waals surface area contributed by atoms with Crippen molar-refractivity contribution in [1.82, 2.24) is 10.6 Å². The summed E-state index contributed by atoms with van der Waals surface area (Å²) in [5, 5.41) is 8.42. The Bertz CT molecular complexity index is 951. The summed E-state index contributed by atoms with van der Waals surface area (Å²) in [6.45, 7) is 15.2. The molecule has 8 nitrogen and oxygen atoms in total. The maximum Gasteiger partial charge on any atom is 0.312 e. The smallest absolute Gasteiger partial charge is 0.312 e. The molecule has 0 unspecified atom stereocenters. The average molecular weight is 573 g/mol. The summed E-state index contributed by atoms with van der Waals surface area (Å²) >= 11 is 0. The van der Waals surface area contributed by atoms with E-state index in [1.54, 1.807) is 0 Å². The topological polar surface area (TPSA) is 130 Å². The van der Waals surface area contributed by atoms with Crippen LogP contribution in [0.5, 0.6) is 0 Å². The van der Waals surface area contributed by atoms with Gasteiger partial charge < -0.3 is 21.7 Å². The first-order chi connectivity index (χ1) is 19.2. The molecule has 0 radical (unpaired) electrons. The van der Waals surface area contributed by atoms with E-state index in [9.17, 15) is 19.2 Å². The van der Waals surface area contributed by atoms with Gasteiger partial charge in [-0.25, -0.2) is 4.79 Å². The number of hydrogen-bond donors (Lipinski definition) is 4. The molecule has 0 fully saturated rings. The van der Waals surface area contributed by atoms with Crippen molar-refractivity contribution in [3.8, 4) is 0 Å². The van der Waals surface area contributed by atoms with E-state index in [0.29, 0.717) is 42.8 Å². The molecule has 0 bridgehead atoms. The number of urea groups is 1. The maximum atomic E-state index is 13.4. The fraction of sp³-hybridized carbons (Fsp3) is 0.697. The zero-order valence-electron chi connectivity index (χ0n) is 26.6. The predicted octanol–water partition coefficient (Wildman–Crippen LogP) is 6.38. The van der Waals surface area contributed by atoms with Crippen LogP contribution in [0.15, 0.2) is 24.3 Å². The van der Waals surface area contributed by atoms with E-state index >= 15 is 0 Å². The van der Waals surface area contributed by atoms with Crippen molar-refractivity contribution in [3.05, 3.63) is 29.8 Å². The molecular formula is C33H56N4O4. The van der Waals surface area contributed by atoms with E-state index in [1.807, 2.05) is 38.1 Å². The van der Waals surface area contributed by atoms with Gasteiger partial charge in [0.1, 0.15) is 0 Å². The fourth-order valence-corrected chi connectivity index (χ4v) is 4.85. The molecule has 1 aromatic rings. The molecule has 0 spiro atoms. The molecule has 8 heteroatoms. The van der Waals surface area contributed by atoms with Gasteiger partial charge in [-0.15, -0.1) is 0 Å². The van der Waals surface area contributed by atoms with E-state index in [1.165, 1.54) is 12.0 Å². The summed E-state index contributed by atoms with van der Waals surface area (Å²) in [6, 6.07) is 6.48. The minimum atomic E-state index is -0.655. The molecule has 0 saturated heterocycles. The van der Waals surface area contributed by atoms with Crippen molar-refractivity contribution in [3.63, 3.8) is 0 Å². The van der Waals surface area contributed by atoms with Crippen LogP contribution in [0.3, 0.4) is 0 Å². The second-order valence-electron chi connectivity index (χ2n) is 13.3. The number of nitrogens with one attached hydrogen (secondary N) is 3.